The zero-order chi connectivity index (χ0) is 16.1. The van der Waals surface area contributed by atoms with Crippen LogP contribution in [0.5, 0.6) is 0 Å². The van der Waals surface area contributed by atoms with E-state index in [1.54, 1.807) is 11.8 Å². The molecule has 3 rings (SSSR count). The van der Waals surface area contributed by atoms with Gasteiger partial charge in [0.25, 0.3) is 0 Å². The Labute approximate surface area is 137 Å². The van der Waals surface area contributed by atoms with E-state index in [2.05, 4.69) is 44.4 Å². The molecule has 0 saturated carbocycles. The average Bonchev–Trinajstić information content (AvgIpc) is 3.00. The molecule has 0 bridgehead atoms. The van der Waals surface area contributed by atoms with Crippen LogP contribution in [0.15, 0.2) is 36.5 Å². The highest BCUT2D eigenvalue weighted by atomic mass is 16.5. The largest absolute Gasteiger partial charge is 0.375 e. The monoisotopic (exact) mass is 315 g/mol. The van der Waals surface area contributed by atoms with Crippen LogP contribution >= 0.6 is 0 Å². The van der Waals surface area contributed by atoms with Crippen molar-refractivity contribution < 1.29 is 4.74 Å². The van der Waals surface area contributed by atoms with E-state index in [9.17, 15) is 0 Å². The van der Waals surface area contributed by atoms with Gasteiger partial charge in [-0.1, -0.05) is 35.5 Å². The lowest BCUT2D eigenvalue weighted by atomic mass is 10.1. The van der Waals surface area contributed by atoms with E-state index >= 15 is 0 Å². The first-order valence-electron chi connectivity index (χ1n) is 8.12. The van der Waals surface area contributed by atoms with E-state index in [1.165, 1.54) is 5.56 Å². The van der Waals surface area contributed by atoms with Gasteiger partial charge >= 0.3 is 0 Å². The van der Waals surface area contributed by atoms with Crippen LogP contribution in [0, 0.1) is 0 Å². The molecule has 6 heteroatoms. The number of benzene rings is 1. The highest BCUT2D eigenvalue weighted by Crippen LogP contribution is 2.18. The molecular formula is C17H25N5O. The first-order chi connectivity index (χ1) is 11.2. The molecule has 1 aromatic heterocycles. The fourth-order valence-electron chi connectivity index (χ4n) is 3.05. The van der Waals surface area contributed by atoms with Gasteiger partial charge in [-0.3, -0.25) is 14.5 Å². The van der Waals surface area contributed by atoms with Gasteiger partial charge in [0, 0.05) is 59.6 Å². The topological polar surface area (TPSA) is 46.4 Å². The molecule has 2 heterocycles. The standard InChI is InChI=1S/C17H25N5O/c1-20-12-16(18-19-20)13-21-8-10-22(11-9-21)14-17(23-2)15-6-4-3-5-7-15/h3-7,12,17H,8-11,13-14H2,1-2H3. The first kappa shape index (κ1) is 16.1. The summed E-state index contributed by atoms with van der Waals surface area (Å²) in [5.41, 5.74) is 2.29. The molecular weight excluding hydrogens is 290 g/mol. The summed E-state index contributed by atoms with van der Waals surface area (Å²) in [5, 5.41) is 8.16. The van der Waals surface area contributed by atoms with Crippen LogP contribution in [0.4, 0.5) is 0 Å². The van der Waals surface area contributed by atoms with Gasteiger partial charge in [0.2, 0.25) is 0 Å². The third-order valence-corrected chi connectivity index (χ3v) is 4.38. The molecule has 0 amide bonds. The van der Waals surface area contributed by atoms with Gasteiger partial charge in [-0.15, -0.1) is 5.10 Å². The molecule has 2 aromatic rings. The van der Waals surface area contributed by atoms with Gasteiger partial charge < -0.3 is 4.74 Å². The fourth-order valence-corrected chi connectivity index (χ4v) is 3.05. The zero-order valence-corrected chi connectivity index (χ0v) is 13.9. The highest BCUT2D eigenvalue weighted by molar-refractivity contribution is 5.18. The second-order valence-electron chi connectivity index (χ2n) is 6.10. The lowest BCUT2D eigenvalue weighted by Gasteiger charge is -2.35. The van der Waals surface area contributed by atoms with Crippen molar-refractivity contribution in [1.82, 2.24) is 24.8 Å². The Morgan fingerprint density at radius 1 is 1.09 bits per heavy atom. The quantitative estimate of drug-likeness (QED) is 0.804. The molecule has 1 fully saturated rings. The van der Waals surface area contributed by atoms with Crippen molar-refractivity contribution in [2.75, 3.05) is 39.8 Å². The van der Waals surface area contributed by atoms with Crippen molar-refractivity contribution in [3.8, 4) is 0 Å². The number of aromatic nitrogens is 3. The molecule has 1 aliphatic rings. The number of hydrogen-bond donors (Lipinski definition) is 0. The molecule has 23 heavy (non-hydrogen) atoms. The number of ether oxygens (including phenoxy) is 1. The van der Waals surface area contributed by atoms with Crippen molar-refractivity contribution in [2.45, 2.75) is 12.6 Å². The maximum absolute atomic E-state index is 5.69. The van der Waals surface area contributed by atoms with Gasteiger partial charge in [-0.05, 0) is 5.56 Å². The van der Waals surface area contributed by atoms with E-state index in [0.717, 1.165) is 45.0 Å². The molecule has 1 saturated heterocycles. The lowest BCUT2D eigenvalue weighted by Crippen LogP contribution is -2.47. The van der Waals surface area contributed by atoms with Crippen molar-refractivity contribution in [3.05, 3.63) is 47.8 Å². The van der Waals surface area contributed by atoms with Gasteiger partial charge in [-0.25, -0.2) is 0 Å². The third kappa shape index (κ3) is 4.37. The van der Waals surface area contributed by atoms with Crippen LogP contribution < -0.4 is 0 Å². The zero-order valence-electron chi connectivity index (χ0n) is 13.9. The van der Waals surface area contributed by atoms with Gasteiger partial charge in [0.1, 0.15) is 0 Å². The summed E-state index contributed by atoms with van der Waals surface area (Å²) in [5.74, 6) is 0. The number of methoxy groups -OCH3 is 1. The van der Waals surface area contributed by atoms with Crippen LogP contribution in [-0.4, -0.2) is 64.6 Å². The summed E-state index contributed by atoms with van der Waals surface area (Å²) in [6, 6.07) is 10.5. The number of hydrogen-bond acceptors (Lipinski definition) is 5. The number of nitrogens with zero attached hydrogens (tertiary/aromatic N) is 5. The van der Waals surface area contributed by atoms with E-state index < -0.39 is 0 Å². The van der Waals surface area contributed by atoms with Crippen LogP contribution in [0.25, 0.3) is 0 Å². The lowest BCUT2D eigenvalue weighted by molar-refractivity contribution is 0.0403. The second-order valence-corrected chi connectivity index (χ2v) is 6.10. The number of rotatable bonds is 6. The summed E-state index contributed by atoms with van der Waals surface area (Å²) in [6.45, 7) is 6.07. The SMILES string of the molecule is COC(CN1CCN(Cc2cn(C)nn2)CC1)c1ccccc1. The minimum absolute atomic E-state index is 0.141. The molecule has 0 N–H and O–H groups in total. The summed E-state index contributed by atoms with van der Waals surface area (Å²) >= 11 is 0. The van der Waals surface area contributed by atoms with Crippen LogP contribution in [0.1, 0.15) is 17.4 Å². The maximum Gasteiger partial charge on any atom is 0.0967 e. The van der Waals surface area contributed by atoms with E-state index in [4.69, 9.17) is 4.74 Å². The minimum atomic E-state index is 0.141. The van der Waals surface area contributed by atoms with Crippen molar-refractivity contribution in [1.29, 1.82) is 0 Å². The predicted molar refractivity (Wildman–Crippen MR) is 88.9 cm³/mol. The molecule has 6 nitrogen and oxygen atoms in total. The Morgan fingerprint density at radius 3 is 2.39 bits per heavy atom. The van der Waals surface area contributed by atoms with Gasteiger partial charge in [-0.2, -0.15) is 0 Å². The van der Waals surface area contributed by atoms with Crippen LogP contribution in [0.2, 0.25) is 0 Å². The van der Waals surface area contributed by atoms with E-state index in [0.29, 0.717) is 0 Å². The number of aryl methyl sites for hydroxylation is 1. The summed E-state index contributed by atoms with van der Waals surface area (Å²) in [6.07, 6.45) is 2.13. The summed E-state index contributed by atoms with van der Waals surface area (Å²) in [7, 11) is 3.70. The Hall–Kier alpha value is -1.76. The Balaban J connectivity index is 1.48. The van der Waals surface area contributed by atoms with Crippen molar-refractivity contribution in [2.24, 2.45) is 7.05 Å². The van der Waals surface area contributed by atoms with Crippen molar-refractivity contribution >= 4 is 0 Å². The summed E-state index contributed by atoms with van der Waals surface area (Å²) in [4.78, 5) is 4.92. The average molecular weight is 315 g/mol. The van der Waals surface area contributed by atoms with Gasteiger partial charge in [0.05, 0.1) is 11.8 Å². The van der Waals surface area contributed by atoms with E-state index in [-0.39, 0.29) is 6.10 Å². The number of piperazine rings is 1. The van der Waals surface area contributed by atoms with Crippen LogP contribution in [0.3, 0.4) is 0 Å². The Kier molecular flexibility index (Phi) is 5.38. The molecule has 1 aliphatic heterocycles. The maximum atomic E-state index is 5.69. The molecule has 124 valence electrons. The van der Waals surface area contributed by atoms with E-state index in [1.807, 2.05) is 19.3 Å². The first-order valence-corrected chi connectivity index (χ1v) is 8.12. The molecule has 0 radical (unpaired) electrons. The predicted octanol–water partition coefficient (Wildman–Crippen LogP) is 1.32. The molecule has 1 unspecified atom stereocenters. The normalized spacial score (nSPS) is 18.2. The molecule has 0 aliphatic carbocycles. The third-order valence-electron chi connectivity index (χ3n) is 4.38. The Bertz CT molecular complexity index is 592. The van der Waals surface area contributed by atoms with Crippen LogP contribution in [-0.2, 0) is 18.3 Å². The summed E-state index contributed by atoms with van der Waals surface area (Å²) < 4.78 is 7.45. The van der Waals surface area contributed by atoms with Gasteiger partial charge in [0.15, 0.2) is 0 Å². The minimum Gasteiger partial charge on any atom is -0.375 e. The molecule has 1 atom stereocenters. The second kappa shape index (κ2) is 7.68. The fraction of sp³-hybridized carbons (Fsp3) is 0.529. The molecule has 1 aromatic carbocycles. The molecule has 0 spiro atoms. The highest BCUT2D eigenvalue weighted by Gasteiger charge is 2.21. The smallest absolute Gasteiger partial charge is 0.0967 e. The Morgan fingerprint density at radius 2 is 1.78 bits per heavy atom. The van der Waals surface area contributed by atoms with Crippen molar-refractivity contribution in [3.63, 3.8) is 0 Å².